The number of hydrogen-bond donors (Lipinski definition) is 0. The topological polar surface area (TPSA) is 35.5 Å². The van der Waals surface area contributed by atoms with Gasteiger partial charge in [-0.05, 0) is 80.5 Å². The minimum absolute atomic E-state index is 0.0493. The number of hydrogen-bond acceptors (Lipinski definition) is 3. The van der Waals surface area contributed by atoms with E-state index in [4.69, 9.17) is 9.47 Å². The molecule has 1 aromatic carbocycles. The Morgan fingerprint density at radius 2 is 1.24 bits per heavy atom. The van der Waals surface area contributed by atoms with Gasteiger partial charge < -0.3 is 9.47 Å². The molecule has 0 radical (unpaired) electrons. The molecule has 3 rings (SSSR count). The molecule has 1 aromatic rings. The zero-order valence-corrected chi connectivity index (χ0v) is 22.1. The van der Waals surface area contributed by atoms with Crippen molar-refractivity contribution in [2.45, 2.75) is 123 Å². The van der Waals surface area contributed by atoms with Crippen LogP contribution in [0.3, 0.4) is 0 Å². The van der Waals surface area contributed by atoms with Crippen LogP contribution in [-0.2, 0) is 4.79 Å². The average Bonchev–Trinajstić information content (AvgIpc) is 2.87. The quantitative estimate of drug-likeness (QED) is 0.154. The summed E-state index contributed by atoms with van der Waals surface area (Å²) in [7, 11) is 0. The molecule has 192 valence electrons. The first kappa shape index (κ1) is 27.1. The molecular formula is C31H50O3. The van der Waals surface area contributed by atoms with Gasteiger partial charge in [-0.1, -0.05) is 84.5 Å². The number of ether oxygens (including phenoxy) is 2. The van der Waals surface area contributed by atoms with E-state index in [-0.39, 0.29) is 11.9 Å². The highest BCUT2D eigenvalue weighted by Crippen LogP contribution is 2.34. The summed E-state index contributed by atoms with van der Waals surface area (Å²) in [5.74, 6) is 4.23. The van der Waals surface area contributed by atoms with Gasteiger partial charge in [-0.2, -0.15) is 0 Å². The molecule has 2 aliphatic carbocycles. The predicted octanol–water partition coefficient (Wildman–Crippen LogP) is 9.13. The van der Waals surface area contributed by atoms with Crippen molar-refractivity contribution in [1.82, 2.24) is 0 Å². The Bertz CT molecular complexity index is 666. The van der Waals surface area contributed by atoms with Gasteiger partial charge in [-0.25, -0.2) is 0 Å². The summed E-state index contributed by atoms with van der Waals surface area (Å²) in [4.78, 5) is 12.6. The Morgan fingerprint density at radius 1 is 0.676 bits per heavy atom. The molecular weight excluding hydrogens is 420 g/mol. The number of esters is 1. The third kappa shape index (κ3) is 9.62. The molecule has 0 spiro atoms. The van der Waals surface area contributed by atoms with Gasteiger partial charge in [0, 0.05) is 0 Å². The summed E-state index contributed by atoms with van der Waals surface area (Å²) >= 11 is 0. The van der Waals surface area contributed by atoms with E-state index in [1.54, 1.807) is 0 Å². The molecule has 0 unspecified atom stereocenters. The van der Waals surface area contributed by atoms with Gasteiger partial charge in [0.15, 0.2) is 0 Å². The second kappa shape index (κ2) is 15.5. The minimum atomic E-state index is -0.0493. The molecule has 2 fully saturated rings. The van der Waals surface area contributed by atoms with Crippen LogP contribution < -0.4 is 9.47 Å². The first-order valence-electron chi connectivity index (χ1n) is 14.6. The van der Waals surface area contributed by atoms with Crippen molar-refractivity contribution in [3.63, 3.8) is 0 Å². The molecule has 0 bridgehead atoms. The molecule has 2 saturated carbocycles. The Balaban J connectivity index is 1.27. The number of unbranched alkanes of at least 4 members (excludes halogenated alkanes) is 3. The van der Waals surface area contributed by atoms with E-state index in [0.717, 1.165) is 49.4 Å². The highest BCUT2D eigenvalue weighted by molar-refractivity contribution is 5.75. The number of benzene rings is 1. The van der Waals surface area contributed by atoms with E-state index in [1.807, 2.05) is 24.3 Å². The maximum atomic E-state index is 12.6. The molecule has 0 heterocycles. The lowest BCUT2D eigenvalue weighted by molar-refractivity contribution is -0.140. The summed E-state index contributed by atoms with van der Waals surface area (Å²) in [6, 6.07) is 7.63. The second-order valence-corrected chi connectivity index (χ2v) is 11.1. The van der Waals surface area contributed by atoms with E-state index in [1.165, 1.54) is 89.9 Å². The fraction of sp³-hybridized carbons (Fsp3) is 0.774. The van der Waals surface area contributed by atoms with Crippen LogP contribution in [0.5, 0.6) is 11.5 Å². The van der Waals surface area contributed by atoms with Gasteiger partial charge in [0.1, 0.15) is 11.5 Å². The SMILES string of the molecule is CCCCCCC1CCC(C(=O)Oc2ccc(OCCCC3CCC(CCC)CC3)cc2)CC1. The lowest BCUT2D eigenvalue weighted by atomic mass is 9.78. The average molecular weight is 471 g/mol. The number of carbonyl (C=O) groups is 1. The smallest absolute Gasteiger partial charge is 0.314 e. The van der Waals surface area contributed by atoms with Crippen molar-refractivity contribution in [3.8, 4) is 11.5 Å². The van der Waals surface area contributed by atoms with Crippen molar-refractivity contribution in [2.75, 3.05) is 6.61 Å². The van der Waals surface area contributed by atoms with Crippen molar-refractivity contribution in [3.05, 3.63) is 24.3 Å². The van der Waals surface area contributed by atoms with Crippen LogP contribution in [0.2, 0.25) is 0 Å². The van der Waals surface area contributed by atoms with Gasteiger partial charge >= 0.3 is 5.97 Å². The van der Waals surface area contributed by atoms with Gasteiger partial charge in [-0.3, -0.25) is 4.79 Å². The first-order chi connectivity index (χ1) is 16.7. The first-order valence-corrected chi connectivity index (χ1v) is 14.6. The molecule has 0 atom stereocenters. The highest BCUT2D eigenvalue weighted by atomic mass is 16.5. The molecule has 0 N–H and O–H groups in total. The summed E-state index contributed by atoms with van der Waals surface area (Å²) in [5.41, 5.74) is 0. The maximum Gasteiger partial charge on any atom is 0.314 e. The van der Waals surface area contributed by atoms with Crippen LogP contribution in [0.25, 0.3) is 0 Å². The van der Waals surface area contributed by atoms with Crippen molar-refractivity contribution in [1.29, 1.82) is 0 Å². The molecule has 0 saturated heterocycles. The monoisotopic (exact) mass is 470 g/mol. The van der Waals surface area contributed by atoms with E-state index in [2.05, 4.69) is 13.8 Å². The Labute approximate surface area is 209 Å². The molecule has 2 aliphatic rings. The van der Waals surface area contributed by atoms with Crippen LogP contribution in [0.15, 0.2) is 24.3 Å². The largest absolute Gasteiger partial charge is 0.494 e. The number of rotatable bonds is 14. The highest BCUT2D eigenvalue weighted by Gasteiger charge is 2.27. The van der Waals surface area contributed by atoms with Crippen molar-refractivity contribution in [2.24, 2.45) is 23.7 Å². The minimum Gasteiger partial charge on any atom is -0.494 e. The zero-order chi connectivity index (χ0) is 24.0. The maximum absolute atomic E-state index is 12.6. The standard InChI is InChI=1S/C31H50O3/c1-3-5-6-7-10-26-16-18-28(19-17-26)31(32)34-30-22-20-29(21-23-30)33-24-8-11-27-14-12-25(9-4-2)13-15-27/h20-23,25-28H,3-19,24H2,1-2H3. The normalized spacial score (nSPS) is 25.1. The molecule has 0 aliphatic heterocycles. The van der Waals surface area contributed by atoms with Gasteiger partial charge in [-0.15, -0.1) is 0 Å². The van der Waals surface area contributed by atoms with Crippen molar-refractivity contribution >= 4 is 5.97 Å². The van der Waals surface area contributed by atoms with Gasteiger partial charge in [0.05, 0.1) is 12.5 Å². The molecule has 3 nitrogen and oxygen atoms in total. The van der Waals surface area contributed by atoms with Crippen molar-refractivity contribution < 1.29 is 14.3 Å². The fourth-order valence-electron chi connectivity index (χ4n) is 6.13. The molecule has 0 aromatic heterocycles. The van der Waals surface area contributed by atoms with E-state index < -0.39 is 0 Å². The van der Waals surface area contributed by atoms with Gasteiger partial charge in [0.25, 0.3) is 0 Å². The fourth-order valence-corrected chi connectivity index (χ4v) is 6.13. The Hall–Kier alpha value is -1.51. The lowest BCUT2D eigenvalue weighted by Gasteiger charge is -2.28. The van der Waals surface area contributed by atoms with Crippen LogP contribution >= 0.6 is 0 Å². The van der Waals surface area contributed by atoms with E-state index >= 15 is 0 Å². The van der Waals surface area contributed by atoms with Crippen LogP contribution in [0.4, 0.5) is 0 Å². The summed E-state index contributed by atoms with van der Waals surface area (Å²) in [6.45, 7) is 5.34. The predicted molar refractivity (Wildman–Crippen MR) is 141 cm³/mol. The summed E-state index contributed by atoms with van der Waals surface area (Å²) in [6.07, 6.45) is 21.9. The zero-order valence-electron chi connectivity index (χ0n) is 22.1. The summed E-state index contributed by atoms with van der Waals surface area (Å²) in [5, 5.41) is 0. The Kier molecular flexibility index (Phi) is 12.3. The third-order valence-electron chi connectivity index (χ3n) is 8.38. The molecule has 3 heteroatoms. The van der Waals surface area contributed by atoms with Crippen LogP contribution in [0.1, 0.15) is 123 Å². The van der Waals surface area contributed by atoms with E-state index in [9.17, 15) is 4.79 Å². The van der Waals surface area contributed by atoms with E-state index in [0.29, 0.717) is 5.75 Å². The number of carbonyl (C=O) groups excluding carboxylic acids is 1. The molecule has 34 heavy (non-hydrogen) atoms. The summed E-state index contributed by atoms with van der Waals surface area (Å²) < 4.78 is 11.6. The van der Waals surface area contributed by atoms with Crippen LogP contribution in [-0.4, -0.2) is 12.6 Å². The lowest BCUT2D eigenvalue weighted by Crippen LogP contribution is -2.25. The van der Waals surface area contributed by atoms with Gasteiger partial charge in [0.2, 0.25) is 0 Å². The van der Waals surface area contributed by atoms with Crippen LogP contribution in [0, 0.1) is 23.7 Å². The Morgan fingerprint density at radius 3 is 1.85 bits per heavy atom. The second-order valence-electron chi connectivity index (χ2n) is 11.1. The molecule has 0 amide bonds. The third-order valence-corrected chi connectivity index (χ3v) is 8.38.